The lowest BCUT2D eigenvalue weighted by Gasteiger charge is -2.17. The van der Waals surface area contributed by atoms with Crippen molar-refractivity contribution < 1.29 is 10.2 Å². The van der Waals surface area contributed by atoms with Gasteiger partial charge in [-0.3, -0.25) is 0 Å². The first-order valence-corrected chi connectivity index (χ1v) is 7.28. The third-order valence-electron chi connectivity index (χ3n) is 3.88. The topological polar surface area (TPSA) is 40.5 Å². The lowest BCUT2D eigenvalue weighted by molar-refractivity contribution is 0.400. The number of phenols is 2. The van der Waals surface area contributed by atoms with Gasteiger partial charge in [0.25, 0.3) is 0 Å². The van der Waals surface area contributed by atoms with Crippen molar-refractivity contribution >= 4 is 0 Å². The Morgan fingerprint density at radius 2 is 1.40 bits per heavy atom. The van der Waals surface area contributed by atoms with Crippen LogP contribution in [-0.2, 0) is 19.3 Å². The van der Waals surface area contributed by atoms with Gasteiger partial charge in [-0.2, -0.15) is 0 Å². The van der Waals surface area contributed by atoms with E-state index in [9.17, 15) is 10.2 Å². The highest BCUT2D eigenvalue weighted by Gasteiger charge is 2.16. The molecule has 2 heteroatoms. The summed E-state index contributed by atoms with van der Waals surface area (Å²) in [7, 11) is 0. The van der Waals surface area contributed by atoms with Gasteiger partial charge in [-0.1, -0.05) is 45.0 Å². The van der Waals surface area contributed by atoms with Crippen molar-refractivity contribution in [3.05, 3.63) is 47.0 Å². The lowest BCUT2D eigenvalue weighted by Crippen LogP contribution is -1.98. The molecule has 0 aromatic heterocycles. The molecule has 0 saturated carbocycles. The average molecular weight is 270 g/mol. The van der Waals surface area contributed by atoms with Crippen LogP contribution in [0.3, 0.4) is 0 Å². The SMILES string of the molecule is CCc1cccc(CC)c1-c1ccc(O)c(O)c1CC. The van der Waals surface area contributed by atoms with E-state index in [1.165, 1.54) is 16.7 Å². The Kier molecular flexibility index (Phi) is 4.33. The number of hydrogen-bond donors (Lipinski definition) is 2. The van der Waals surface area contributed by atoms with E-state index in [-0.39, 0.29) is 11.5 Å². The molecule has 2 aromatic rings. The summed E-state index contributed by atoms with van der Waals surface area (Å²) in [5.41, 5.74) is 5.63. The van der Waals surface area contributed by atoms with Crippen molar-refractivity contribution in [3.63, 3.8) is 0 Å². The minimum atomic E-state index is -0.0439. The van der Waals surface area contributed by atoms with Gasteiger partial charge in [0.1, 0.15) is 0 Å². The zero-order valence-corrected chi connectivity index (χ0v) is 12.4. The molecule has 2 aromatic carbocycles. The quantitative estimate of drug-likeness (QED) is 0.806. The van der Waals surface area contributed by atoms with Gasteiger partial charge < -0.3 is 10.2 Å². The number of rotatable bonds is 4. The second-order valence-electron chi connectivity index (χ2n) is 4.97. The molecule has 2 rings (SSSR count). The molecule has 106 valence electrons. The zero-order valence-electron chi connectivity index (χ0n) is 12.4. The molecule has 0 aliphatic carbocycles. The second-order valence-corrected chi connectivity index (χ2v) is 4.97. The van der Waals surface area contributed by atoms with Crippen LogP contribution in [0.5, 0.6) is 11.5 Å². The molecule has 0 spiro atoms. The van der Waals surface area contributed by atoms with E-state index in [1.54, 1.807) is 6.07 Å². The van der Waals surface area contributed by atoms with Crippen LogP contribution in [0.15, 0.2) is 30.3 Å². The predicted molar refractivity (Wildman–Crippen MR) is 83.3 cm³/mol. The van der Waals surface area contributed by atoms with Crippen LogP contribution < -0.4 is 0 Å². The van der Waals surface area contributed by atoms with E-state index in [2.05, 4.69) is 32.0 Å². The fraction of sp³-hybridized carbons (Fsp3) is 0.333. The van der Waals surface area contributed by atoms with E-state index in [0.29, 0.717) is 6.42 Å². The summed E-state index contributed by atoms with van der Waals surface area (Å²) in [5, 5.41) is 19.8. The maximum atomic E-state index is 10.1. The first-order chi connectivity index (χ1) is 9.63. The van der Waals surface area contributed by atoms with Crippen LogP contribution in [0.2, 0.25) is 0 Å². The summed E-state index contributed by atoms with van der Waals surface area (Å²) in [6.45, 7) is 6.28. The highest BCUT2D eigenvalue weighted by molar-refractivity contribution is 5.77. The third kappa shape index (κ3) is 2.38. The fourth-order valence-electron chi connectivity index (χ4n) is 2.80. The Morgan fingerprint density at radius 1 is 0.800 bits per heavy atom. The smallest absolute Gasteiger partial charge is 0.161 e. The standard InChI is InChI=1S/C18H22O2/c1-4-12-8-7-9-13(5-2)17(12)15-10-11-16(19)18(20)14(15)6-3/h7-11,19-20H,4-6H2,1-3H3. The van der Waals surface area contributed by atoms with Gasteiger partial charge in [-0.15, -0.1) is 0 Å². The second kappa shape index (κ2) is 6.00. The molecule has 0 fully saturated rings. The third-order valence-corrected chi connectivity index (χ3v) is 3.88. The minimum Gasteiger partial charge on any atom is -0.504 e. The highest BCUT2D eigenvalue weighted by atomic mass is 16.3. The molecule has 20 heavy (non-hydrogen) atoms. The Bertz CT molecular complexity index is 593. The van der Waals surface area contributed by atoms with Crippen molar-refractivity contribution in [2.24, 2.45) is 0 Å². The van der Waals surface area contributed by atoms with Crippen LogP contribution in [-0.4, -0.2) is 10.2 Å². The Labute approximate surface area is 120 Å². The molecule has 0 radical (unpaired) electrons. The summed E-state index contributed by atoms with van der Waals surface area (Å²) in [4.78, 5) is 0. The van der Waals surface area contributed by atoms with Crippen LogP contribution >= 0.6 is 0 Å². The molecule has 2 nitrogen and oxygen atoms in total. The molecule has 0 heterocycles. The molecule has 0 aliphatic heterocycles. The van der Waals surface area contributed by atoms with Crippen LogP contribution in [0, 0.1) is 0 Å². The van der Waals surface area contributed by atoms with Crippen LogP contribution in [0.4, 0.5) is 0 Å². The van der Waals surface area contributed by atoms with Gasteiger partial charge in [-0.25, -0.2) is 0 Å². The minimum absolute atomic E-state index is 0.0120. The summed E-state index contributed by atoms with van der Waals surface area (Å²) in [5.74, 6) is -0.0319. The van der Waals surface area contributed by atoms with Crippen LogP contribution in [0.1, 0.15) is 37.5 Å². The zero-order chi connectivity index (χ0) is 14.7. The number of benzene rings is 2. The molecule has 0 atom stereocenters. The van der Waals surface area contributed by atoms with Crippen molar-refractivity contribution in [2.45, 2.75) is 40.0 Å². The molecule has 0 unspecified atom stereocenters. The molecule has 0 bridgehead atoms. The highest BCUT2D eigenvalue weighted by Crippen LogP contribution is 2.39. The number of aryl methyl sites for hydroxylation is 2. The van der Waals surface area contributed by atoms with Crippen molar-refractivity contribution in [1.82, 2.24) is 0 Å². The summed E-state index contributed by atoms with van der Waals surface area (Å²) in [6.07, 6.45) is 2.60. The van der Waals surface area contributed by atoms with Crippen molar-refractivity contribution in [3.8, 4) is 22.6 Å². The monoisotopic (exact) mass is 270 g/mol. The van der Waals surface area contributed by atoms with Gasteiger partial charge in [0.05, 0.1) is 0 Å². The van der Waals surface area contributed by atoms with Gasteiger partial charge >= 0.3 is 0 Å². The first kappa shape index (κ1) is 14.4. The van der Waals surface area contributed by atoms with Gasteiger partial charge in [0.15, 0.2) is 11.5 Å². The van der Waals surface area contributed by atoms with Crippen LogP contribution in [0.25, 0.3) is 11.1 Å². The summed E-state index contributed by atoms with van der Waals surface area (Å²) < 4.78 is 0. The number of phenolic OH excluding ortho intramolecular Hbond substituents is 2. The van der Waals surface area contributed by atoms with E-state index >= 15 is 0 Å². The average Bonchev–Trinajstić information content (AvgIpc) is 2.49. The molecular weight excluding hydrogens is 248 g/mol. The summed E-state index contributed by atoms with van der Waals surface area (Å²) in [6, 6.07) is 9.86. The molecular formula is C18H22O2. The lowest BCUT2D eigenvalue weighted by atomic mass is 9.88. The maximum absolute atomic E-state index is 10.1. The number of aromatic hydroxyl groups is 2. The first-order valence-electron chi connectivity index (χ1n) is 7.28. The predicted octanol–water partition coefficient (Wildman–Crippen LogP) is 4.45. The van der Waals surface area contributed by atoms with Gasteiger partial charge in [0.2, 0.25) is 0 Å². The van der Waals surface area contributed by atoms with E-state index < -0.39 is 0 Å². The van der Waals surface area contributed by atoms with Gasteiger partial charge in [-0.05, 0) is 47.6 Å². The molecule has 0 amide bonds. The maximum Gasteiger partial charge on any atom is 0.161 e. The Morgan fingerprint density at radius 3 is 1.90 bits per heavy atom. The summed E-state index contributed by atoms with van der Waals surface area (Å²) >= 11 is 0. The Balaban J connectivity index is 2.77. The van der Waals surface area contributed by atoms with Gasteiger partial charge in [0, 0.05) is 5.56 Å². The molecule has 0 aliphatic rings. The van der Waals surface area contributed by atoms with E-state index in [4.69, 9.17) is 0 Å². The number of hydrogen-bond acceptors (Lipinski definition) is 2. The van der Waals surface area contributed by atoms with Crippen molar-refractivity contribution in [1.29, 1.82) is 0 Å². The normalized spacial score (nSPS) is 10.8. The largest absolute Gasteiger partial charge is 0.504 e. The fourth-order valence-corrected chi connectivity index (χ4v) is 2.80. The Hall–Kier alpha value is -1.96. The van der Waals surface area contributed by atoms with E-state index in [1.807, 2.05) is 13.0 Å². The molecule has 2 N–H and O–H groups in total. The molecule has 0 saturated heterocycles. The van der Waals surface area contributed by atoms with Crippen molar-refractivity contribution in [2.75, 3.05) is 0 Å². The van der Waals surface area contributed by atoms with E-state index in [0.717, 1.165) is 24.0 Å².